The van der Waals surface area contributed by atoms with Crippen LogP contribution in [0.4, 0.5) is 5.69 Å². The van der Waals surface area contributed by atoms with Crippen LogP contribution in [0.5, 0.6) is 5.88 Å². The number of anilines is 1. The van der Waals surface area contributed by atoms with Gasteiger partial charge in [0.05, 0.1) is 27.8 Å². The molecule has 37 heavy (non-hydrogen) atoms. The van der Waals surface area contributed by atoms with Crippen LogP contribution in [0.1, 0.15) is 47.2 Å². The fourth-order valence-corrected chi connectivity index (χ4v) is 5.35. The molecule has 3 heterocycles. The van der Waals surface area contributed by atoms with E-state index in [4.69, 9.17) is 27.9 Å². The van der Waals surface area contributed by atoms with E-state index in [0.717, 1.165) is 0 Å². The van der Waals surface area contributed by atoms with Gasteiger partial charge in [-0.15, -0.1) is 5.10 Å². The zero-order chi connectivity index (χ0) is 27.1. The first-order valence-corrected chi connectivity index (χ1v) is 13.8. The van der Waals surface area contributed by atoms with Crippen LogP contribution in [0.25, 0.3) is 5.82 Å². The van der Waals surface area contributed by atoms with Gasteiger partial charge in [0.25, 0.3) is 11.8 Å². The molecule has 1 aromatic carbocycles. The van der Waals surface area contributed by atoms with Crippen LogP contribution in [-0.4, -0.2) is 58.1 Å². The summed E-state index contributed by atoms with van der Waals surface area (Å²) in [7, 11) is -3.13. The standard InChI is InChI=1S/C24H25Cl2N5O5S/c1-13-8-14(25)9-16(22(32)29-24(2,3)4)20(13)28-23(33)18-10-19(36-15-11-37(34,35)12-15)30-31(18)21-17(26)6-5-7-27-21/h5-10,15H,11-12H2,1-4H3,(H,28,33)(H,29,32). The molecule has 1 fully saturated rings. The average Bonchev–Trinajstić information content (AvgIpc) is 3.17. The number of carbonyl (C=O) groups excluding carboxylic acids is 2. The molecule has 0 radical (unpaired) electrons. The van der Waals surface area contributed by atoms with Crippen molar-refractivity contribution in [2.45, 2.75) is 39.3 Å². The Labute approximate surface area is 224 Å². The summed E-state index contributed by atoms with van der Waals surface area (Å²) >= 11 is 12.5. The highest BCUT2D eigenvalue weighted by Crippen LogP contribution is 2.29. The number of halogens is 2. The summed E-state index contributed by atoms with van der Waals surface area (Å²) in [6, 6.07) is 7.69. The van der Waals surface area contributed by atoms with E-state index in [0.29, 0.717) is 10.6 Å². The summed E-state index contributed by atoms with van der Waals surface area (Å²) in [5.41, 5.74) is 0.506. The number of pyridine rings is 1. The Morgan fingerprint density at radius 1 is 1.14 bits per heavy atom. The van der Waals surface area contributed by atoms with Crippen molar-refractivity contribution in [2.24, 2.45) is 0 Å². The lowest BCUT2D eigenvalue weighted by molar-refractivity contribution is 0.0920. The monoisotopic (exact) mass is 565 g/mol. The smallest absolute Gasteiger partial charge is 0.274 e. The fourth-order valence-electron chi connectivity index (χ4n) is 3.70. The van der Waals surface area contributed by atoms with E-state index in [9.17, 15) is 18.0 Å². The van der Waals surface area contributed by atoms with Crippen LogP contribution >= 0.6 is 23.2 Å². The molecule has 10 nitrogen and oxygen atoms in total. The summed E-state index contributed by atoms with van der Waals surface area (Å²) in [5.74, 6) is -1.11. The summed E-state index contributed by atoms with van der Waals surface area (Å²) in [6.07, 6.45) is 0.914. The molecule has 1 saturated heterocycles. The Morgan fingerprint density at radius 3 is 2.46 bits per heavy atom. The number of aromatic nitrogens is 3. The number of hydrogen-bond acceptors (Lipinski definition) is 7. The zero-order valence-electron chi connectivity index (χ0n) is 20.5. The van der Waals surface area contributed by atoms with Crippen LogP contribution < -0.4 is 15.4 Å². The normalized spacial score (nSPS) is 15.1. The number of carbonyl (C=O) groups is 2. The van der Waals surface area contributed by atoms with Gasteiger partial charge in [0.2, 0.25) is 5.88 Å². The molecule has 1 aliphatic rings. The van der Waals surface area contributed by atoms with E-state index in [-0.39, 0.29) is 45.2 Å². The first-order valence-electron chi connectivity index (χ1n) is 11.2. The molecule has 3 aromatic rings. The lowest BCUT2D eigenvalue weighted by atomic mass is 10.0. The lowest BCUT2D eigenvalue weighted by Gasteiger charge is -2.25. The van der Waals surface area contributed by atoms with Crippen molar-refractivity contribution >= 4 is 50.5 Å². The topological polar surface area (TPSA) is 132 Å². The molecule has 1 aliphatic heterocycles. The van der Waals surface area contributed by atoms with Crippen molar-refractivity contribution in [2.75, 3.05) is 16.8 Å². The third kappa shape index (κ3) is 6.23. The zero-order valence-corrected chi connectivity index (χ0v) is 22.8. The molecular weight excluding hydrogens is 541 g/mol. The third-order valence-electron chi connectivity index (χ3n) is 5.30. The van der Waals surface area contributed by atoms with Crippen molar-refractivity contribution < 1.29 is 22.7 Å². The Morgan fingerprint density at radius 2 is 1.84 bits per heavy atom. The van der Waals surface area contributed by atoms with Crippen molar-refractivity contribution in [1.82, 2.24) is 20.1 Å². The third-order valence-corrected chi connectivity index (χ3v) is 7.57. The van der Waals surface area contributed by atoms with E-state index in [1.165, 1.54) is 23.0 Å². The van der Waals surface area contributed by atoms with Gasteiger partial charge < -0.3 is 15.4 Å². The molecule has 0 spiro atoms. The minimum atomic E-state index is -3.13. The van der Waals surface area contributed by atoms with Crippen LogP contribution in [0.2, 0.25) is 10.0 Å². The van der Waals surface area contributed by atoms with Crippen molar-refractivity contribution in [3.63, 3.8) is 0 Å². The first kappa shape index (κ1) is 26.9. The van der Waals surface area contributed by atoms with E-state index < -0.39 is 33.3 Å². The minimum absolute atomic E-state index is 0.00862. The van der Waals surface area contributed by atoms with Crippen LogP contribution in [0, 0.1) is 6.92 Å². The molecule has 0 aliphatic carbocycles. The van der Waals surface area contributed by atoms with Crippen LogP contribution in [0.3, 0.4) is 0 Å². The molecule has 2 aromatic heterocycles. The maximum absolute atomic E-state index is 13.5. The molecule has 0 atom stereocenters. The molecule has 13 heteroatoms. The van der Waals surface area contributed by atoms with Gasteiger partial charge in [0.1, 0.15) is 11.8 Å². The van der Waals surface area contributed by atoms with Gasteiger partial charge in [-0.3, -0.25) is 9.59 Å². The lowest BCUT2D eigenvalue weighted by Crippen LogP contribution is -2.45. The fraction of sp³-hybridized carbons (Fsp3) is 0.333. The van der Waals surface area contributed by atoms with Gasteiger partial charge in [0.15, 0.2) is 15.7 Å². The van der Waals surface area contributed by atoms with E-state index >= 15 is 0 Å². The number of rotatable bonds is 6. The summed E-state index contributed by atoms with van der Waals surface area (Å²) in [4.78, 5) is 30.8. The Balaban J connectivity index is 1.72. The van der Waals surface area contributed by atoms with Crippen LogP contribution in [-0.2, 0) is 9.84 Å². The molecule has 0 saturated carbocycles. The molecule has 2 N–H and O–H groups in total. The van der Waals surface area contributed by atoms with Gasteiger partial charge in [0, 0.05) is 22.8 Å². The number of nitrogens with one attached hydrogen (secondary N) is 2. The van der Waals surface area contributed by atoms with Crippen molar-refractivity contribution in [3.05, 3.63) is 63.4 Å². The number of hydrogen-bond donors (Lipinski definition) is 2. The summed E-state index contributed by atoms with van der Waals surface area (Å²) < 4.78 is 29.9. The van der Waals surface area contributed by atoms with Gasteiger partial charge in [-0.25, -0.2) is 18.1 Å². The minimum Gasteiger partial charge on any atom is -0.471 e. The highest BCUT2D eigenvalue weighted by Gasteiger charge is 2.36. The van der Waals surface area contributed by atoms with E-state index in [1.54, 1.807) is 25.1 Å². The predicted octanol–water partition coefficient (Wildman–Crippen LogP) is 3.84. The number of benzene rings is 1. The van der Waals surface area contributed by atoms with Crippen molar-refractivity contribution in [3.8, 4) is 11.7 Å². The number of nitrogens with zero attached hydrogens (tertiary/aromatic N) is 3. The predicted molar refractivity (Wildman–Crippen MR) is 141 cm³/mol. The molecule has 0 bridgehead atoms. The second kappa shape index (κ2) is 9.96. The molecular formula is C24H25Cl2N5O5S. The maximum Gasteiger partial charge on any atom is 0.274 e. The highest BCUT2D eigenvalue weighted by molar-refractivity contribution is 7.92. The summed E-state index contributed by atoms with van der Waals surface area (Å²) in [6.45, 7) is 7.23. The Hall–Kier alpha value is -3.15. The van der Waals surface area contributed by atoms with Gasteiger partial charge in [-0.05, 0) is 57.5 Å². The quantitative estimate of drug-likeness (QED) is 0.464. The number of ether oxygens (including phenoxy) is 1. The van der Waals surface area contributed by atoms with Gasteiger partial charge in [-0.2, -0.15) is 0 Å². The Bertz CT molecular complexity index is 1490. The SMILES string of the molecule is Cc1cc(Cl)cc(C(=O)NC(C)(C)C)c1NC(=O)c1cc(OC2CS(=O)(=O)C2)nn1-c1ncccc1Cl. The molecule has 4 rings (SSSR count). The number of sulfone groups is 1. The van der Waals surface area contributed by atoms with E-state index in [2.05, 4.69) is 20.7 Å². The van der Waals surface area contributed by atoms with Crippen molar-refractivity contribution in [1.29, 1.82) is 0 Å². The molecule has 2 amide bonds. The van der Waals surface area contributed by atoms with Gasteiger partial charge in [-0.1, -0.05) is 23.2 Å². The largest absolute Gasteiger partial charge is 0.471 e. The highest BCUT2D eigenvalue weighted by atomic mass is 35.5. The second-order valence-electron chi connectivity index (χ2n) is 9.71. The summed E-state index contributed by atoms with van der Waals surface area (Å²) in [5, 5.41) is 10.5. The number of amides is 2. The number of aryl methyl sites for hydroxylation is 1. The average molecular weight is 566 g/mol. The van der Waals surface area contributed by atoms with Gasteiger partial charge >= 0.3 is 0 Å². The molecule has 196 valence electrons. The van der Waals surface area contributed by atoms with Crippen LogP contribution in [0.15, 0.2) is 36.5 Å². The Kier molecular flexibility index (Phi) is 7.24. The first-order chi connectivity index (χ1) is 17.2. The van der Waals surface area contributed by atoms with E-state index in [1.807, 2.05) is 20.8 Å². The molecule has 0 unspecified atom stereocenters. The second-order valence-corrected chi connectivity index (χ2v) is 12.7. The maximum atomic E-state index is 13.5.